The van der Waals surface area contributed by atoms with Crippen LogP contribution in [0.15, 0.2) is 30.3 Å². The van der Waals surface area contributed by atoms with Crippen molar-refractivity contribution in [2.45, 2.75) is 18.9 Å². The van der Waals surface area contributed by atoms with Crippen molar-refractivity contribution in [3.8, 4) is 0 Å². The summed E-state index contributed by atoms with van der Waals surface area (Å²) < 4.78 is 0. The van der Waals surface area contributed by atoms with Crippen LogP contribution in [0.2, 0.25) is 0 Å². The van der Waals surface area contributed by atoms with E-state index in [4.69, 9.17) is 0 Å². The van der Waals surface area contributed by atoms with E-state index in [-0.39, 0.29) is 6.10 Å². The highest BCUT2D eigenvalue weighted by molar-refractivity contribution is 5.17. The molecule has 0 aliphatic carbocycles. The van der Waals surface area contributed by atoms with Crippen molar-refractivity contribution < 1.29 is 5.11 Å². The van der Waals surface area contributed by atoms with Crippen LogP contribution in [0.3, 0.4) is 0 Å². The van der Waals surface area contributed by atoms with E-state index >= 15 is 0 Å². The van der Waals surface area contributed by atoms with E-state index in [2.05, 4.69) is 17.3 Å². The molecule has 1 aromatic carbocycles. The lowest BCUT2D eigenvalue weighted by atomic mass is 9.97. The molecular weight excluding hydrogens is 224 g/mol. The Morgan fingerprint density at radius 3 is 2.61 bits per heavy atom. The van der Waals surface area contributed by atoms with Gasteiger partial charge in [-0.05, 0) is 44.5 Å². The lowest BCUT2D eigenvalue weighted by Gasteiger charge is -2.28. The fraction of sp³-hybridized carbons (Fsp3) is 0.600. The number of nitrogens with zero attached hydrogens (tertiary/aromatic N) is 1. The first-order valence-corrected chi connectivity index (χ1v) is 6.88. The molecule has 1 aliphatic heterocycles. The number of nitrogens with one attached hydrogen (secondary N) is 1. The Morgan fingerprint density at radius 1 is 1.28 bits per heavy atom. The second kappa shape index (κ2) is 6.88. The van der Waals surface area contributed by atoms with E-state index in [1.165, 1.54) is 12.8 Å². The normalized spacial score (nSPS) is 19.1. The largest absolute Gasteiger partial charge is 0.387 e. The molecule has 0 radical (unpaired) electrons. The van der Waals surface area contributed by atoms with Gasteiger partial charge in [-0.15, -0.1) is 0 Å². The second-order valence-electron chi connectivity index (χ2n) is 5.34. The number of aliphatic hydroxyl groups excluding tert-OH is 1. The lowest BCUT2D eigenvalue weighted by molar-refractivity contribution is 0.114. The molecule has 1 fully saturated rings. The predicted octanol–water partition coefficient (Wildman–Crippen LogP) is 1.65. The molecule has 3 heteroatoms. The van der Waals surface area contributed by atoms with Crippen LogP contribution in [0.25, 0.3) is 0 Å². The van der Waals surface area contributed by atoms with Crippen molar-refractivity contribution >= 4 is 0 Å². The molecule has 1 aliphatic rings. The van der Waals surface area contributed by atoms with Crippen molar-refractivity contribution in [3.05, 3.63) is 35.9 Å². The SMILES string of the molecule is CN(CC1CCNCC1)CC(O)c1ccccc1. The second-order valence-corrected chi connectivity index (χ2v) is 5.34. The maximum absolute atomic E-state index is 10.2. The summed E-state index contributed by atoms with van der Waals surface area (Å²) in [6.45, 7) is 4.08. The number of likely N-dealkylation sites (N-methyl/N-ethyl adjacent to an activating group) is 1. The zero-order valence-electron chi connectivity index (χ0n) is 11.2. The molecule has 3 nitrogen and oxygen atoms in total. The number of hydrogen-bond acceptors (Lipinski definition) is 3. The monoisotopic (exact) mass is 248 g/mol. The van der Waals surface area contributed by atoms with Crippen LogP contribution in [-0.2, 0) is 0 Å². The predicted molar refractivity (Wildman–Crippen MR) is 74.5 cm³/mol. The Labute approximate surface area is 110 Å². The first-order chi connectivity index (χ1) is 8.75. The molecule has 2 rings (SSSR count). The molecule has 0 bridgehead atoms. The quantitative estimate of drug-likeness (QED) is 0.832. The summed E-state index contributed by atoms with van der Waals surface area (Å²) in [7, 11) is 2.11. The Morgan fingerprint density at radius 2 is 1.94 bits per heavy atom. The van der Waals surface area contributed by atoms with Gasteiger partial charge in [0, 0.05) is 13.1 Å². The highest BCUT2D eigenvalue weighted by Crippen LogP contribution is 2.16. The van der Waals surface area contributed by atoms with Crippen molar-refractivity contribution in [2.24, 2.45) is 5.92 Å². The van der Waals surface area contributed by atoms with Crippen molar-refractivity contribution in [2.75, 3.05) is 33.2 Å². The zero-order chi connectivity index (χ0) is 12.8. The molecule has 1 unspecified atom stereocenters. The fourth-order valence-electron chi connectivity index (χ4n) is 2.66. The Hall–Kier alpha value is -0.900. The summed E-state index contributed by atoms with van der Waals surface area (Å²) >= 11 is 0. The van der Waals surface area contributed by atoms with Gasteiger partial charge in [0.1, 0.15) is 0 Å². The summed E-state index contributed by atoms with van der Waals surface area (Å²) in [5.74, 6) is 0.777. The van der Waals surface area contributed by atoms with Gasteiger partial charge in [0.25, 0.3) is 0 Å². The lowest BCUT2D eigenvalue weighted by Crippen LogP contribution is -2.36. The van der Waals surface area contributed by atoms with Crippen LogP contribution >= 0.6 is 0 Å². The molecule has 0 saturated carbocycles. The third kappa shape index (κ3) is 4.09. The molecular formula is C15H24N2O. The summed E-state index contributed by atoms with van der Waals surface area (Å²) in [6, 6.07) is 9.91. The van der Waals surface area contributed by atoms with E-state index in [9.17, 15) is 5.11 Å². The molecule has 0 spiro atoms. The number of rotatable bonds is 5. The average molecular weight is 248 g/mol. The van der Waals surface area contributed by atoms with E-state index in [0.29, 0.717) is 6.54 Å². The van der Waals surface area contributed by atoms with E-state index in [0.717, 1.165) is 31.1 Å². The number of piperidine rings is 1. The molecule has 0 amide bonds. The van der Waals surface area contributed by atoms with Gasteiger partial charge in [-0.3, -0.25) is 0 Å². The van der Waals surface area contributed by atoms with Crippen molar-refractivity contribution in [1.29, 1.82) is 0 Å². The summed E-state index contributed by atoms with van der Waals surface area (Å²) in [5, 5.41) is 13.6. The highest BCUT2D eigenvalue weighted by Gasteiger charge is 2.17. The van der Waals surface area contributed by atoms with Crippen molar-refractivity contribution in [1.82, 2.24) is 10.2 Å². The van der Waals surface area contributed by atoms with E-state index in [1.54, 1.807) is 0 Å². The Bertz CT molecular complexity index is 336. The topological polar surface area (TPSA) is 35.5 Å². The van der Waals surface area contributed by atoms with Gasteiger partial charge in [-0.1, -0.05) is 30.3 Å². The molecule has 0 aromatic heterocycles. The minimum absolute atomic E-state index is 0.377. The van der Waals surface area contributed by atoms with Crippen molar-refractivity contribution in [3.63, 3.8) is 0 Å². The molecule has 2 N–H and O–H groups in total. The summed E-state index contributed by atoms with van der Waals surface area (Å²) in [5.41, 5.74) is 1.01. The molecule has 1 saturated heterocycles. The first-order valence-electron chi connectivity index (χ1n) is 6.88. The van der Waals surface area contributed by atoms with Gasteiger partial charge in [0.15, 0.2) is 0 Å². The van der Waals surface area contributed by atoms with E-state index < -0.39 is 0 Å². The first kappa shape index (κ1) is 13.5. The van der Waals surface area contributed by atoms with E-state index in [1.807, 2.05) is 30.3 Å². The number of hydrogen-bond donors (Lipinski definition) is 2. The number of aliphatic hydroxyl groups is 1. The van der Waals surface area contributed by atoms with Gasteiger partial charge < -0.3 is 15.3 Å². The van der Waals surface area contributed by atoms with Crippen LogP contribution in [0.1, 0.15) is 24.5 Å². The molecule has 18 heavy (non-hydrogen) atoms. The summed E-state index contributed by atoms with van der Waals surface area (Å²) in [4.78, 5) is 2.26. The minimum Gasteiger partial charge on any atom is -0.387 e. The van der Waals surface area contributed by atoms with Gasteiger partial charge >= 0.3 is 0 Å². The smallest absolute Gasteiger partial charge is 0.0916 e. The maximum atomic E-state index is 10.2. The Balaban J connectivity index is 1.78. The van der Waals surface area contributed by atoms with Crippen LogP contribution in [0.4, 0.5) is 0 Å². The average Bonchev–Trinajstić information content (AvgIpc) is 2.40. The molecule has 100 valence electrons. The minimum atomic E-state index is -0.377. The van der Waals surface area contributed by atoms with Crippen LogP contribution < -0.4 is 5.32 Å². The fourth-order valence-corrected chi connectivity index (χ4v) is 2.66. The van der Waals surface area contributed by atoms with Gasteiger partial charge in [-0.25, -0.2) is 0 Å². The number of benzene rings is 1. The third-order valence-electron chi connectivity index (χ3n) is 3.70. The zero-order valence-corrected chi connectivity index (χ0v) is 11.2. The van der Waals surface area contributed by atoms with Crippen LogP contribution in [0, 0.1) is 5.92 Å². The highest BCUT2D eigenvalue weighted by atomic mass is 16.3. The van der Waals surface area contributed by atoms with Crippen LogP contribution in [-0.4, -0.2) is 43.2 Å². The van der Waals surface area contributed by atoms with Gasteiger partial charge in [0.2, 0.25) is 0 Å². The molecule has 1 aromatic rings. The Kier molecular flexibility index (Phi) is 5.17. The van der Waals surface area contributed by atoms with Gasteiger partial charge in [0.05, 0.1) is 6.10 Å². The van der Waals surface area contributed by atoms with Crippen LogP contribution in [0.5, 0.6) is 0 Å². The third-order valence-corrected chi connectivity index (χ3v) is 3.70. The standard InChI is InChI=1S/C15H24N2O/c1-17(11-13-7-9-16-10-8-13)12-15(18)14-5-3-2-4-6-14/h2-6,13,15-16,18H,7-12H2,1H3. The van der Waals surface area contributed by atoms with Gasteiger partial charge in [-0.2, -0.15) is 0 Å². The molecule has 1 heterocycles. The maximum Gasteiger partial charge on any atom is 0.0916 e. The molecule has 1 atom stereocenters. The summed E-state index contributed by atoms with van der Waals surface area (Å²) in [6.07, 6.45) is 2.13.